The Bertz CT molecular complexity index is 2160. The zero-order chi connectivity index (χ0) is 40.7. The molecule has 2 heterocycles. The molecule has 5 atom stereocenters. The Morgan fingerprint density at radius 1 is 1.02 bits per heavy atom. The second-order valence-electron chi connectivity index (χ2n) is 16.6. The number of fused-ring (bicyclic) bond motifs is 1. The van der Waals surface area contributed by atoms with E-state index >= 15 is 0 Å². The molecule has 3 aliphatic carbocycles. The van der Waals surface area contributed by atoms with E-state index in [4.69, 9.17) is 19.2 Å². The molecule has 3 N–H and O–H groups in total. The van der Waals surface area contributed by atoms with Crippen molar-refractivity contribution in [1.82, 2.24) is 25.2 Å². The van der Waals surface area contributed by atoms with E-state index in [1.54, 1.807) is 33.9 Å². The molecule has 7 rings (SSSR count). The van der Waals surface area contributed by atoms with Gasteiger partial charge in [-0.3, -0.25) is 19.1 Å². The average molecular weight is 802 g/mol. The Morgan fingerprint density at radius 2 is 1.74 bits per heavy atom. The van der Waals surface area contributed by atoms with Gasteiger partial charge in [-0.25, -0.2) is 18.2 Å². The van der Waals surface area contributed by atoms with Gasteiger partial charge in [0.2, 0.25) is 21.8 Å². The summed E-state index contributed by atoms with van der Waals surface area (Å²) in [5.74, 6) is -1.58. The maximum atomic E-state index is 14.8. The first kappa shape index (κ1) is 40.0. The van der Waals surface area contributed by atoms with Crippen LogP contribution in [0.1, 0.15) is 72.1 Å². The molecule has 304 valence electrons. The third kappa shape index (κ3) is 8.73. The fourth-order valence-electron chi connectivity index (χ4n) is 8.02. The highest BCUT2D eigenvalue weighted by atomic mass is 32.2. The lowest BCUT2D eigenvalue weighted by Gasteiger charge is -2.32. The molecule has 0 bridgehead atoms. The van der Waals surface area contributed by atoms with E-state index in [1.807, 2.05) is 48.5 Å². The molecule has 1 aliphatic heterocycles. The van der Waals surface area contributed by atoms with Gasteiger partial charge in [0.25, 0.3) is 5.91 Å². The second kappa shape index (κ2) is 15.6. The molecule has 3 saturated carbocycles. The number of ether oxygens (including phenoxy) is 3. The fraction of sp³-hybridized carbons (Fsp3) is 0.500. The molecular weight excluding hydrogens is 751 g/mol. The van der Waals surface area contributed by atoms with E-state index in [0.29, 0.717) is 53.8 Å². The van der Waals surface area contributed by atoms with Crippen LogP contribution in [-0.4, -0.2) is 90.3 Å². The Kier molecular flexibility index (Phi) is 11.0. The number of hydrogen-bond acceptors (Lipinski definition) is 10. The summed E-state index contributed by atoms with van der Waals surface area (Å²) in [4.78, 5) is 62.4. The quantitative estimate of drug-likeness (QED) is 0.199. The summed E-state index contributed by atoms with van der Waals surface area (Å²) in [5, 5.41) is 5.71. The first-order valence-electron chi connectivity index (χ1n) is 19.6. The SMILES string of the molecule is C=CC1C[C@]1(NC(=O)[C@@H]1C[C@@H](Oc2cc(-c3ccccc3)nc3cc(OC)ccc23)CN1C(=O)[C@@H](NC(=O)OC(C)(C)C)C1CCCC1)C(=O)NS(=O)(=O)C1CC1. The van der Waals surface area contributed by atoms with Gasteiger partial charge in [-0.2, -0.15) is 0 Å². The minimum absolute atomic E-state index is 0.0169. The molecule has 2 aromatic carbocycles. The normalized spacial score (nSPS) is 24.0. The number of carbonyl (C=O) groups is 4. The molecule has 4 fully saturated rings. The van der Waals surface area contributed by atoms with Crippen LogP contribution in [0.5, 0.6) is 11.5 Å². The number of amides is 4. The lowest BCUT2D eigenvalue weighted by Crippen LogP contribution is -2.59. The maximum Gasteiger partial charge on any atom is 0.408 e. The van der Waals surface area contributed by atoms with Gasteiger partial charge in [0.1, 0.15) is 40.8 Å². The van der Waals surface area contributed by atoms with Crippen molar-refractivity contribution in [1.29, 1.82) is 0 Å². The molecular formula is C42H51N5O9S. The van der Waals surface area contributed by atoms with Crippen LogP contribution in [-0.2, 0) is 29.1 Å². The minimum Gasteiger partial charge on any atom is -0.497 e. The van der Waals surface area contributed by atoms with Crippen molar-refractivity contribution in [2.24, 2.45) is 11.8 Å². The zero-order valence-corrected chi connectivity index (χ0v) is 33.6. The van der Waals surface area contributed by atoms with Crippen molar-refractivity contribution in [3.8, 4) is 22.8 Å². The number of rotatable bonds is 13. The number of likely N-dealkylation sites (tertiary alicyclic amines) is 1. The molecule has 3 aromatic rings. The number of aromatic nitrogens is 1. The first-order valence-corrected chi connectivity index (χ1v) is 21.2. The van der Waals surface area contributed by atoms with Crippen LogP contribution in [0.4, 0.5) is 4.79 Å². The van der Waals surface area contributed by atoms with Crippen LogP contribution >= 0.6 is 0 Å². The van der Waals surface area contributed by atoms with Crippen LogP contribution in [0.25, 0.3) is 22.2 Å². The van der Waals surface area contributed by atoms with Gasteiger partial charge < -0.3 is 29.7 Å². The molecule has 57 heavy (non-hydrogen) atoms. The van der Waals surface area contributed by atoms with E-state index in [1.165, 1.54) is 11.0 Å². The summed E-state index contributed by atoms with van der Waals surface area (Å²) in [6.07, 6.45) is 4.34. The highest BCUT2D eigenvalue weighted by molar-refractivity contribution is 7.91. The third-order valence-corrected chi connectivity index (χ3v) is 13.1. The minimum atomic E-state index is -3.91. The summed E-state index contributed by atoms with van der Waals surface area (Å²) in [6.45, 7) is 9.00. The monoisotopic (exact) mass is 801 g/mol. The summed E-state index contributed by atoms with van der Waals surface area (Å²) < 4.78 is 45.6. The topological polar surface area (TPSA) is 182 Å². The summed E-state index contributed by atoms with van der Waals surface area (Å²) in [6, 6.07) is 14.8. The van der Waals surface area contributed by atoms with Crippen LogP contribution in [0, 0.1) is 11.8 Å². The Hall–Kier alpha value is -5.18. The number of methoxy groups -OCH3 is 1. The summed E-state index contributed by atoms with van der Waals surface area (Å²) >= 11 is 0. The number of hydrogen-bond donors (Lipinski definition) is 3. The number of nitrogens with zero attached hydrogens (tertiary/aromatic N) is 2. The van der Waals surface area contributed by atoms with Gasteiger partial charge in [-0.05, 0) is 70.9 Å². The summed E-state index contributed by atoms with van der Waals surface area (Å²) in [5.41, 5.74) is -0.251. The van der Waals surface area contributed by atoms with E-state index in [-0.39, 0.29) is 25.3 Å². The van der Waals surface area contributed by atoms with Gasteiger partial charge in [0, 0.05) is 35.4 Å². The average Bonchev–Trinajstić information content (AvgIpc) is 4.05. The standard InChI is InChI=1S/C42H51N5O9S/c1-6-27-23-42(27,39(50)46-57(52,53)30-17-18-30)45-37(48)34-21-29(24-47(34)38(49)36(26-14-10-11-15-26)44-40(51)56-41(2,3)4)55-35-22-32(25-12-8-7-9-13-25)43-33-20-28(54-5)16-19-31(33)35/h6-9,12-13,16,19-20,22,26-27,29-30,34,36H,1,10-11,14-15,17-18,21,23-24H2,2-5H3,(H,44,51)(H,45,48)(H,46,50)/t27?,29-,34+,36+,42-/m1/s1. The maximum absolute atomic E-state index is 14.8. The van der Waals surface area contributed by atoms with Gasteiger partial charge >= 0.3 is 6.09 Å². The van der Waals surface area contributed by atoms with Crippen molar-refractivity contribution >= 4 is 44.7 Å². The molecule has 4 aliphatic rings. The van der Waals surface area contributed by atoms with Gasteiger partial charge in [0.05, 0.1) is 30.1 Å². The van der Waals surface area contributed by atoms with Crippen molar-refractivity contribution in [2.45, 2.75) is 107 Å². The van der Waals surface area contributed by atoms with Crippen LogP contribution in [0.15, 0.2) is 67.3 Å². The number of nitrogens with one attached hydrogen (secondary N) is 3. The smallest absolute Gasteiger partial charge is 0.408 e. The predicted molar refractivity (Wildman–Crippen MR) is 213 cm³/mol. The van der Waals surface area contributed by atoms with Crippen LogP contribution in [0.2, 0.25) is 0 Å². The first-order chi connectivity index (χ1) is 27.1. The van der Waals surface area contributed by atoms with E-state index < -0.39 is 74.3 Å². The van der Waals surface area contributed by atoms with Crippen molar-refractivity contribution < 1.29 is 41.8 Å². The summed E-state index contributed by atoms with van der Waals surface area (Å²) in [7, 11) is -2.34. The lowest BCUT2D eigenvalue weighted by atomic mass is 9.96. The number of sulfonamides is 1. The fourth-order valence-corrected chi connectivity index (χ4v) is 9.38. The highest BCUT2D eigenvalue weighted by Gasteiger charge is 2.62. The molecule has 1 saturated heterocycles. The highest BCUT2D eigenvalue weighted by Crippen LogP contribution is 2.46. The van der Waals surface area contributed by atoms with Crippen molar-refractivity contribution in [3.05, 3.63) is 67.3 Å². The van der Waals surface area contributed by atoms with E-state index in [0.717, 1.165) is 18.4 Å². The van der Waals surface area contributed by atoms with Gasteiger partial charge in [0.15, 0.2) is 0 Å². The van der Waals surface area contributed by atoms with Gasteiger partial charge in [-0.1, -0.05) is 49.2 Å². The van der Waals surface area contributed by atoms with Crippen molar-refractivity contribution in [3.63, 3.8) is 0 Å². The Labute approximate surface area is 333 Å². The number of carbonyl (C=O) groups excluding carboxylic acids is 4. The molecule has 15 heteroatoms. The predicted octanol–water partition coefficient (Wildman–Crippen LogP) is 5.01. The zero-order valence-electron chi connectivity index (χ0n) is 32.8. The number of pyridine rings is 1. The van der Waals surface area contributed by atoms with E-state index in [9.17, 15) is 27.6 Å². The molecule has 1 aromatic heterocycles. The third-order valence-electron chi connectivity index (χ3n) is 11.2. The van der Waals surface area contributed by atoms with Crippen LogP contribution in [0.3, 0.4) is 0 Å². The van der Waals surface area contributed by atoms with Crippen molar-refractivity contribution in [2.75, 3.05) is 13.7 Å². The Morgan fingerprint density at radius 3 is 2.37 bits per heavy atom. The van der Waals surface area contributed by atoms with Gasteiger partial charge in [-0.15, -0.1) is 6.58 Å². The number of benzene rings is 2. The second-order valence-corrected chi connectivity index (χ2v) is 18.5. The molecule has 1 unspecified atom stereocenters. The molecule has 14 nitrogen and oxygen atoms in total. The largest absolute Gasteiger partial charge is 0.497 e. The molecule has 4 amide bonds. The number of alkyl carbamates (subject to hydrolysis) is 1. The lowest BCUT2D eigenvalue weighted by molar-refractivity contribution is -0.142. The van der Waals surface area contributed by atoms with Crippen LogP contribution < -0.4 is 24.8 Å². The molecule has 0 spiro atoms. The molecule has 0 radical (unpaired) electrons. The van der Waals surface area contributed by atoms with E-state index in [2.05, 4.69) is 21.9 Å². The Balaban J connectivity index is 1.22.